The van der Waals surface area contributed by atoms with Crippen LogP contribution < -0.4 is 0 Å². The molecule has 4 heteroatoms. The van der Waals surface area contributed by atoms with E-state index in [1.54, 1.807) is 18.2 Å². The third-order valence-electron chi connectivity index (χ3n) is 4.74. The van der Waals surface area contributed by atoms with Crippen molar-refractivity contribution >= 4 is 5.97 Å². The summed E-state index contributed by atoms with van der Waals surface area (Å²) in [5.41, 5.74) is 2.67. The minimum absolute atomic E-state index is 0.249. The van der Waals surface area contributed by atoms with Gasteiger partial charge in [-0.25, -0.2) is 4.39 Å². The highest BCUT2D eigenvalue weighted by molar-refractivity contribution is 5.76. The lowest BCUT2D eigenvalue weighted by atomic mass is 10.0. The van der Waals surface area contributed by atoms with Crippen molar-refractivity contribution in [2.24, 2.45) is 0 Å². The van der Waals surface area contributed by atoms with Gasteiger partial charge >= 0.3 is 5.97 Å². The Morgan fingerprint density at radius 3 is 1.86 bits per heavy atom. The summed E-state index contributed by atoms with van der Waals surface area (Å²) in [4.78, 5) is 14.7. The molecule has 0 aliphatic heterocycles. The fraction of sp³-hybridized carbons (Fsp3) is 0.208. The Morgan fingerprint density at radius 1 is 0.857 bits per heavy atom. The monoisotopic (exact) mass is 377 g/mol. The van der Waals surface area contributed by atoms with Gasteiger partial charge in [0.05, 0.1) is 7.11 Å². The molecule has 0 saturated carbocycles. The predicted molar refractivity (Wildman–Crippen MR) is 108 cm³/mol. The predicted octanol–water partition coefficient (Wildman–Crippen LogP) is 4.61. The molecule has 3 aromatic rings. The average Bonchev–Trinajstić information content (AvgIpc) is 2.74. The van der Waals surface area contributed by atoms with Gasteiger partial charge < -0.3 is 4.74 Å². The highest BCUT2D eigenvalue weighted by Crippen LogP contribution is 2.19. The average molecular weight is 377 g/mol. The van der Waals surface area contributed by atoms with Crippen LogP contribution in [-0.4, -0.2) is 24.0 Å². The van der Waals surface area contributed by atoms with Gasteiger partial charge in [0.15, 0.2) is 0 Å². The third kappa shape index (κ3) is 5.27. The van der Waals surface area contributed by atoms with E-state index in [9.17, 15) is 9.18 Å². The van der Waals surface area contributed by atoms with Gasteiger partial charge in [-0.2, -0.15) is 0 Å². The highest BCUT2D eigenvalue weighted by Gasteiger charge is 2.28. The Morgan fingerprint density at radius 2 is 1.36 bits per heavy atom. The first-order chi connectivity index (χ1) is 13.7. The number of nitrogens with zero attached hydrogens (tertiary/aromatic N) is 1. The fourth-order valence-corrected chi connectivity index (χ4v) is 3.28. The van der Waals surface area contributed by atoms with E-state index in [-0.39, 0.29) is 18.2 Å². The summed E-state index contributed by atoms with van der Waals surface area (Å²) in [6.07, 6.45) is 0.249. The van der Waals surface area contributed by atoms with Crippen LogP contribution in [0.1, 0.15) is 16.7 Å². The molecular weight excluding hydrogens is 353 g/mol. The quantitative estimate of drug-likeness (QED) is 0.537. The number of benzene rings is 3. The molecule has 0 spiro atoms. The van der Waals surface area contributed by atoms with E-state index in [1.807, 2.05) is 65.6 Å². The Bertz CT molecular complexity index is 842. The van der Waals surface area contributed by atoms with Crippen LogP contribution in [0.2, 0.25) is 0 Å². The van der Waals surface area contributed by atoms with Gasteiger partial charge in [-0.1, -0.05) is 78.9 Å². The molecule has 3 rings (SSSR count). The number of rotatable bonds is 8. The summed E-state index contributed by atoms with van der Waals surface area (Å²) < 4.78 is 19.3. The number of carbonyl (C=O) groups excluding carboxylic acids is 1. The molecular formula is C24H24FNO2. The lowest BCUT2D eigenvalue weighted by Gasteiger charge is -2.30. The number of methoxy groups -OCH3 is 1. The Balaban J connectivity index is 1.92. The molecule has 3 aromatic carbocycles. The van der Waals surface area contributed by atoms with Crippen LogP contribution in [0.3, 0.4) is 0 Å². The Hall–Kier alpha value is -2.98. The molecule has 1 unspecified atom stereocenters. The summed E-state index contributed by atoms with van der Waals surface area (Å²) in [6.45, 7) is 1.12. The van der Waals surface area contributed by atoms with Crippen LogP contribution in [0.25, 0.3) is 0 Å². The van der Waals surface area contributed by atoms with E-state index in [1.165, 1.54) is 13.2 Å². The zero-order valence-corrected chi connectivity index (χ0v) is 15.9. The topological polar surface area (TPSA) is 29.5 Å². The van der Waals surface area contributed by atoms with E-state index in [0.717, 1.165) is 11.1 Å². The van der Waals surface area contributed by atoms with Crippen molar-refractivity contribution in [1.29, 1.82) is 0 Å². The summed E-state index contributed by atoms with van der Waals surface area (Å²) in [7, 11) is 1.37. The molecule has 0 fully saturated rings. The maximum atomic E-state index is 14.3. The van der Waals surface area contributed by atoms with Crippen molar-refractivity contribution in [1.82, 2.24) is 4.90 Å². The van der Waals surface area contributed by atoms with Crippen LogP contribution in [-0.2, 0) is 29.0 Å². The number of carbonyl (C=O) groups is 1. The molecule has 0 heterocycles. The number of ether oxygens (including phenoxy) is 1. The number of halogens is 1. The van der Waals surface area contributed by atoms with Gasteiger partial charge in [0.25, 0.3) is 0 Å². The second-order valence-electron chi connectivity index (χ2n) is 6.71. The van der Waals surface area contributed by atoms with Crippen molar-refractivity contribution in [3.8, 4) is 0 Å². The van der Waals surface area contributed by atoms with E-state index < -0.39 is 6.04 Å². The zero-order chi connectivity index (χ0) is 19.8. The summed E-state index contributed by atoms with van der Waals surface area (Å²) in [5.74, 6) is -0.675. The molecule has 0 saturated heterocycles. The highest BCUT2D eigenvalue weighted by atomic mass is 19.1. The fourth-order valence-electron chi connectivity index (χ4n) is 3.28. The van der Waals surface area contributed by atoms with E-state index >= 15 is 0 Å². The van der Waals surface area contributed by atoms with Crippen molar-refractivity contribution in [2.75, 3.05) is 7.11 Å². The standard InChI is InChI=1S/C24H24FNO2/c1-28-24(27)23(16-21-14-8-9-15-22(21)25)26(17-19-10-4-2-5-11-19)18-20-12-6-3-7-13-20/h2-15,23H,16-18H2,1H3. The Labute approximate surface area is 165 Å². The minimum atomic E-state index is -0.595. The third-order valence-corrected chi connectivity index (χ3v) is 4.74. The van der Waals surface area contributed by atoms with Gasteiger partial charge in [0.2, 0.25) is 0 Å². The molecule has 1 atom stereocenters. The van der Waals surface area contributed by atoms with Gasteiger partial charge in [0.1, 0.15) is 11.9 Å². The first kappa shape index (κ1) is 19.8. The summed E-state index contributed by atoms with van der Waals surface area (Å²) in [6, 6.07) is 25.9. The van der Waals surface area contributed by atoms with Crippen molar-refractivity contribution < 1.29 is 13.9 Å². The molecule has 3 nitrogen and oxygen atoms in total. The first-order valence-corrected chi connectivity index (χ1v) is 9.30. The number of hydrogen-bond acceptors (Lipinski definition) is 3. The van der Waals surface area contributed by atoms with E-state index in [4.69, 9.17) is 4.74 Å². The van der Waals surface area contributed by atoms with Gasteiger partial charge in [0, 0.05) is 19.5 Å². The molecule has 0 amide bonds. The molecule has 144 valence electrons. The van der Waals surface area contributed by atoms with Crippen LogP contribution in [0.15, 0.2) is 84.9 Å². The van der Waals surface area contributed by atoms with Gasteiger partial charge in [-0.15, -0.1) is 0 Å². The second-order valence-corrected chi connectivity index (χ2v) is 6.71. The molecule has 0 N–H and O–H groups in total. The largest absolute Gasteiger partial charge is 0.468 e. The smallest absolute Gasteiger partial charge is 0.323 e. The van der Waals surface area contributed by atoms with Crippen LogP contribution in [0.4, 0.5) is 4.39 Å². The van der Waals surface area contributed by atoms with Crippen LogP contribution in [0.5, 0.6) is 0 Å². The summed E-state index contributed by atoms with van der Waals surface area (Å²) >= 11 is 0. The Kier molecular flexibility index (Phi) is 6.93. The maximum absolute atomic E-state index is 14.3. The molecule has 0 aromatic heterocycles. The molecule has 0 bridgehead atoms. The minimum Gasteiger partial charge on any atom is -0.468 e. The SMILES string of the molecule is COC(=O)C(Cc1ccccc1F)N(Cc1ccccc1)Cc1ccccc1. The zero-order valence-electron chi connectivity index (χ0n) is 15.9. The second kappa shape index (κ2) is 9.81. The lowest BCUT2D eigenvalue weighted by molar-refractivity contribution is -0.147. The van der Waals surface area contributed by atoms with E-state index in [0.29, 0.717) is 18.7 Å². The molecule has 0 aliphatic rings. The van der Waals surface area contributed by atoms with Crippen LogP contribution >= 0.6 is 0 Å². The first-order valence-electron chi connectivity index (χ1n) is 9.30. The number of hydrogen-bond donors (Lipinski definition) is 0. The normalized spacial score (nSPS) is 12.0. The van der Waals surface area contributed by atoms with Crippen LogP contribution in [0, 0.1) is 5.82 Å². The lowest BCUT2D eigenvalue weighted by Crippen LogP contribution is -2.42. The molecule has 28 heavy (non-hydrogen) atoms. The summed E-state index contributed by atoms with van der Waals surface area (Å²) in [5, 5.41) is 0. The van der Waals surface area contributed by atoms with Gasteiger partial charge in [-0.05, 0) is 22.8 Å². The van der Waals surface area contributed by atoms with Crippen molar-refractivity contribution in [3.63, 3.8) is 0 Å². The number of esters is 1. The van der Waals surface area contributed by atoms with Gasteiger partial charge in [-0.3, -0.25) is 9.69 Å². The molecule has 0 radical (unpaired) electrons. The van der Waals surface area contributed by atoms with E-state index in [2.05, 4.69) is 0 Å². The molecule has 0 aliphatic carbocycles. The maximum Gasteiger partial charge on any atom is 0.323 e. The van der Waals surface area contributed by atoms with Crippen molar-refractivity contribution in [2.45, 2.75) is 25.6 Å². The van der Waals surface area contributed by atoms with Crippen molar-refractivity contribution in [3.05, 3.63) is 107 Å².